The minimum atomic E-state index is -4.86. The molecule has 182 valence electrons. The molecule has 1 saturated heterocycles. The highest BCUT2D eigenvalue weighted by atomic mass is 19.4. The number of aromatic carboxylic acids is 1. The number of nitrogens with one attached hydrogen (secondary N) is 1. The fourth-order valence-electron chi connectivity index (χ4n) is 2.97. The number of amides is 1. The molecule has 11 heteroatoms. The quantitative estimate of drug-likeness (QED) is 0.591. The van der Waals surface area contributed by atoms with Crippen LogP contribution < -0.4 is 5.32 Å². The van der Waals surface area contributed by atoms with Gasteiger partial charge in [0.2, 0.25) is 0 Å². The van der Waals surface area contributed by atoms with Gasteiger partial charge in [-0.25, -0.2) is 9.59 Å². The first-order valence-corrected chi connectivity index (χ1v) is 10.3. The van der Waals surface area contributed by atoms with E-state index in [4.69, 9.17) is 19.2 Å². The molecule has 2 rings (SSSR count). The molecule has 2 N–H and O–H groups in total. The van der Waals surface area contributed by atoms with Crippen LogP contribution in [0.5, 0.6) is 0 Å². The molecule has 0 aliphatic carbocycles. The molecule has 1 fully saturated rings. The molecule has 1 aromatic rings. The molecule has 1 heterocycles. The summed E-state index contributed by atoms with van der Waals surface area (Å²) >= 11 is 0. The van der Waals surface area contributed by atoms with Crippen LogP contribution in [0.25, 0.3) is 6.08 Å². The summed E-state index contributed by atoms with van der Waals surface area (Å²) in [6.45, 7) is 12.2. The van der Waals surface area contributed by atoms with Crippen molar-refractivity contribution in [3.63, 3.8) is 0 Å². The Morgan fingerprint density at radius 1 is 1.12 bits per heavy atom. The third kappa shape index (κ3) is 6.74. The molecule has 7 nitrogen and oxygen atoms in total. The Labute approximate surface area is 191 Å². The standard InChI is InChI=1S/C22H29BF3NO6/c1-19(2,3)31-18(30)27-12-14(23-32-20(4,5)21(6,7)33-23)10-13-8-9-15(17(28)29)16(11-13)22(24,25)26/h8-11H,12H2,1-7H3,(H,27,30)(H,28,29). The average Bonchev–Trinajstić information content (AvgIpc) is 2.83. The number of benzene rings is 1. The minimum Gasteiger partial charge on any atom is -0.478 e. The zero-order valence-corrected chi connectivity index (χ0v) is 19.7. The Balaban J connectivity index is 2.45. The summed E-state index contributed by atoms with van der Waals surface area (Å²) in [5.41, 5.74) is -3.94. The number of rotatable bonds is 5. The number of carboxylic acids is 1. The fourth-order valence-corrected chi connectivity index (χ4v) is 2.97. The van der Waals surface area contributed by atoms with Crippen LogP contribution in [-0.4, -0.2) is 47.6 Å². The second-order valence-electron chi connectivity index (χ2n) is 9.77. The topological polar surface area (TPSA) is 94.1 Å². The van der Waals surface area contributed by atoms with Gasteiger partial charge in [0.1, 0.15) is 5.60 Å². The van der Waals surface area contributed by atoms with Crippen LogP contribution >= 0.6 is 0 Å². The van der Waals surface area contributed by atoms with Crippen LogP contribution in [0.4, 0.5) is 18.0 Å². The summed E-state index contributed by atoms with van der Waals surface area (Å²) in [4.78, 5) is 23.4. The van der Waals surface area contributed by atoms with Gasteiger partial charge in [0.15, 0.2) is 0 Å². The molecule has 1 amide bonds. The fraction of sp³-hybridized carbons (Fsp3) is 0.545. The highest BCUT2D eigenvalue weighted by Gasteiger charge is 2.52. The van der Waals surface area contributed by atoms with Gasteiger partial charge in [0, 0.05) is 6.54 Å². The number of carboxylic acid groups (broad SMARTS) is 1. The summed E-state index contributed by atoms with van der Waals surface area (Å²) in [5, 5.41) is 11.7. The van der Waals surface area contributed by atoms with Gasteiger partial charge >= 0.3 is 25.4 Å². The molecule has 0 atom stereocenters. The van der Waals surface area contributed by atoms with Gasteiger partial charge in [0.25, 0.3) is 0 Å². The van der Waals surface area contributed by atoms with Crippen LogP contribution in [0.2, 0.25) is 0 Å². The molecule has 33 heavy (non-hydrogen) atoms. The lowest BCUT2D eigenvalue weighted by Gasteiger charge is -2.32. The predicted molar refractivity (Wildman–Crippen MR) is 117 cm³/mol. The molecule has 0 radical (unpaired) electrons. The van der Waals surface area contributed by atoms with E-state index in [1.165, 1.54) is 12.1 Å². The molecule has 1 aromatic carbocycles. The molecule has 0 saturated carbocycles. The number of hydrogen-bond donors (Lipinski definition) is 2. The average molecular weight is 471 g/mol. The van der Waals surface area contributed by atoms with Gasteiger partial charge < -0.3 is 24.5 Å². The van der Waals surface area contributed by atoms with E-state index in [1.807, 2.05) is 27.7 Å². The lowest BCUT2D eigenvalue weighted by molar-refractivity contribution is -0.138. The van der Waals surface area contributed by atoms with Crippen LogP contribution in [-0.2, 0) is 20.2 Å². The van der Waals surface area contributed by atoms with E-state index in [-0.39, 0.29) is 12.1 Å². The third-order valence-corrected chi connectivity index (χ3v) is 5.32. The first-order valence-electron chi connectivity index (χ1n) is 10.3. The van der Waals surface area contributed by atoms with Crippen molar-refractivity contribution in [2.24, 2.45) is 0 Å². The second-order valence-corrected chi connectivity index (χ2v) is 9.77. The van der Waals surface area contributed by atoms with Crippen molar-refractivity contribution in [2.75, 3.05) is 6.54 Å². The SMILES string of the molecule is CC(C)(C)OC(=O)NCC(=Cc1ccc(C(=O)O)c(C(F)(F)F)c1)B1OC(C)(C)C(C)(C)O1. The Bertz CT molecular complexity index is 934. The van der Waals surface area contributed by atoms with Gasteiger partial charge in [-0.2, -0.15) is 13.2 Å². The van der Waals surface area contributed by atoms with E-state index in [0.29, 0.717) is 5.47 Å². The Hall–Kier alpha value is -2.53. The van der Waals surface area contributed by atoms with Crippen molar-refractivity contribution in [2.45, 2.75) is 71.4 Å². The van der Waals surface area contributed by atoms with Crippen molar-refractivity contribution >= 4 is 25.3 Å². The number of alkyl carbamates (subject to hydrolysis) is 1. The summed E-state index contributed by atoms with van der Waals surface area (Å²) in [6, 6.07) is 2.87. The van der Waals surface area contributed by atoms with E-state index in [0.717, 1.165) is 12.1 Å². The van der Waals surface area contributed by atoms with E-state index in [2.05, 4.69) is 5.32 Å². The molecule has 1 aliphatic heterocycles. The molecule has 1 aliphatic rings. The highest BCUT2D eigenvalue weighted by Crippen LogP contribution is 2.39. The van der Waals surface area contributed by atoms with Crippen LogP contribution in [0.15, 0.2) is 23.7 Å². The zero-order valence-electron chi connectivity index (χ0n) is 19.7. The summed E-state index contributed by atoms with van der Waals surface area (Å²) in [7, 11) is -0.960. The Morgan fingerprint density at radius 3 is 2.12 bits per heavy atom. The smallest absolute Gasteiger partial charge is 0.478 e. The first kappa shape index (κ1) is 26.7. The Kier molecular flexibility index (Phi) is 7.30. The number of carbonyl (C=O) groups excluding carboxylic acids is 1. The maximum absolute atomic E-state index is 13.4. The maximum atomic E-state index is 13.4. The van der Waals surface area contributed by atoms with Crippen LogP contribution in [0, 0.1) is 0 Å². The zero-order chi connectivity index (χ0) is 25.4. The number of halogens is 3. The number of carbonyl (C=O) groups is 2. The number of ether oxygens (including phenoxy) is 1. The molecule has 0 unspecified atom stereocenters. The molecule has 0 aromatic heterocycles. The largest absolute Gasteiger partial charge is 0.492 e. The van der Waals surface area contributed by atoms with Crippen molar-refractivity contribution in [3.05, 3.63) is 40.4 Å². The third-order valence-electron chi connectivity index (χ3n) is 5.32. The predicted octanol–water partition coefficient (Wildman–Crippen LogP) is 4.94. The van der Waals surface area contributed by atoms with Crippen molar-refractivity contribution < 1.29 is 41.9 Å². The van der Waals surface area contributed by atoms with Gasteiger partial charge in [-0.05, 0) is 71.6 Å². The van der Waals surface area contributed by atoms with Crippen LogP contribution in [0.3, 0.4) is 0 Å². The van der Waals surface area contributed by atoms with Gasteiger partial charge in [-0.15, -0.1) is 0 Å². The summed E-state index contributed by atoms with van der Waals surface area (Å²) < 4.78 is 57.5. The van der Waals surface area contributed by atoms with Crippen molar-refractivity contribution in [1.29, 1.82) is 0 Å². The molecule has 0 bridgehead atoms. The number of alkyl halides is 3. The van der Waals surface area contributed by atoms with E-state index in [1.54, 1.807) is 20.8 Å². The van der Waals surface area contributed by atoms with Crippen molar-refractivity contribution in [1.82, 2.24) is 5.32 Å². The maximum Gasteiger partial charge on any atom is 0.492 e. The second kappa shape index (κ2) is 9.02. The van der Waals surface area contributed by atoms with Gasteiger partial charge in [0.05, 0.1) is 22.3 Å². The van der Waals surface area contributed by atoms with Crippen molar-refractivity contribution in [3.8, 4) is 0 Å². The number of hydrogen-bond acceptors (Lipinski definition) is 5. The van der Waals surface area contributed by atoms with E-state index < -0.39 is 53.3 Å². The van der Waals surface area contributed by atoms with E-state index in [9.17, 15) is 22.8 Å². The first-order chi connectivity index (χ1) is 14.8. The highest BCUT2D eigenvalue weighted by molar-refractivity contribution is 6.56. The summed E-state index contributed by atoms with van der Waals surface area (Å²) in [5.74, 6) is -1.68. The Morgan fingerprint density at radius 2 is 1.67 bits per heavy atom. The minimum absolute atomic E-state index is 0.0722. The van der Waals surface area contributed by atoms with Gasteiger partial charge in [-0.3, -0.25) is 0 Å². The summed E-state index contributed by atoms with van der Waals surface area (Å²) in [6.07, 6.45) is -4.21. The lowest BCUT2D eigenvalue weighted by atomic mass is 9.77. The van der Waals surface area contributed by atoms with Crippen LogP contribution in [0.1, 0.15) is 70.0 Å². The lowest BCUT2D eigenvalue weighted by Crippen LogP contribution is -2.41. The monoisotopic (exact) mass is 471 g/mol. The normalized spacial score (nSPS) is 18.2. The molecule has 0 spiro atoms. The van der Waals surface area contributed by atoms with E-state index >= 15 is 0 Å². The molecular weight excluding hydrogens is 442 g/mol. The molecular formula is C22H29BF3NO6. The van der Waals surface area contributed by atoms with Gasteiger partial charge in [-0.1, -0.05) is 12.1 Å².